The van der Waals surface area contributed by atoms with Gasteiger partial charge in [-0.1, -0.05) is 12.1 Å². The van der Waals surface area contributed by atoms with Gasteiger partial charge < -0.3 is 10.6 Å². The van der Waals surface area contributed by atoms with Gasteiger partial charge in [0.05, 0.1) is 11.9 Å². The van der Waals surface area contributed by atoms with Gasteiger partial charge in [0.1, 0.15) is 0 Å². The van der Waals surface area contributed by atoms with Gasteiger partial charge in [-0.2, -0.15) is 0 Å². The van der Waals surface area contributed by atoms with Gasteiger partial charge in [-0.15, -0.1) is 0 Å². The number of hydrogen-bond donors (Lipinski definition) is 1. The molecule has 8 heteroatoms. The van der Waals surface area contributed by atoms with Gasteiger partial charge in [0.2, 0.25) is 21.8 Å². The normalized spacial score (nSPS) is 15.6. The molecule has 0 saturated carbocycles. The summed E-state index contributed by atoms with van der Waals surface area (Å²) in [5.74, 6) is -0.467. The van der Waals surface area contributed by atoms with Gasteiger partial charge in [-0.3, -0.25) is 13.9 Å². The Labute approximate surface area is 161 Å². The Balaban J connectivity index is 1.96. The lowest BCUT2D eigenvalue weighted by Crippen LogP contribution is -2.42. The number of piperidine rings is 1. The Morgan fingerprint density at radius 2 is 1.85 bits per heavy atom. The molecule has 2 amide bonds. The number of carbonyl (C=O) groups excluding carboxylic acids is 2. The van der Waals surface area contributed by atoms with Crippen LogP contribution >= 0.6 is 0 Å². The number of amides is 2. The fraction of sp³-hybridized carbons (Fsp3) is 0.579. The summed E-state index contributed by atoms with van der Waals surface area (Å²) >= 11 is 0. The number of nitrogens with zero attached hydrogens (tertiary/aromatic N) is 2. The summed E-state index contributed by atoms with van der Waals surface area (Å²) in [6, 6.07) is 5.57. The van der Waals surface area contributed by atoms with Crippen LogP contribution in [0.15, 0.2) is 18.2 Å². The van der Waals surface area contributed by atoms with Crippen molar-refractivity contribution in [2.24, 2.45) is 11.7 Å². The molecule has 0 bridgehead atoms. The number of aryl methyl sites for hydroxylation is 1. The molecule has 1 aromatic rings. The van der Waals surface area contributed by atoms with Gasteiger partial charge in [0.15, 0.2) is 0 Å². The Morgan fingerprint density at radius 1 is 1.22 bits per heavy atom. The first-order valence-electron chi connectivity index (χ1n) is 9.22. The molecule has 2 rings (SSSR count). The molecule has 150 valence electrons. The summed E-state index contributed by atoms with van der Waals surface area (Å²) < 4.78 is 25.9. The van der Waals surface area contributed by atoms with E-state index in [1.54, 1.807) is 11.0 Å². The smallest absolute Gasteiger partial charge is 0.232 e. The van der Waals surface area contributed by atoms with E-state index in [1.165, 1.54) is 10.6 Å². The zero-order chi connectivity index (χ0) is 20.2. The second-order valence-electron chi connectivity index (χ2n) is 7.22. The summed E-state index contributed by atoms with van der Waals surface area (Å²) in [7, 11) is -3.44. The Hall–Kier alpha value is -2.09. The highest BCUT2D eigenvalue weighted by Gasteiger charge is 2.26. The van der Waals surface area contributed by atoms with E-state index in [0.29, 0.717) is 38.0 Å². The highest BCUT2D eigenvalue weighted by atomic mass is 32.2. The summed E-state index contributed by atoms with van der Waals surface area (Å²) in [4.78, 5) is 25.4. The largest absolute Gasteiger partial charge is 0.369 e. The van der Waals surface area contributed by atoms with E-state index in [9.17, 15) is 18.0 Å². The maximum absolute atomic E-state index is 12.4. The van der Waals surface area contributed by atoms with Crippen LogP contribution in [0.2, 0.25) is 0 Å². The summed E-state index contributed by atoms with van der Waals surface area (Å²) in [5, 5.41) is 0. The fourth-order valence-electron chi connectivity index (χ4n) is 3.42. The van der Waals surface area contributed by atoms with Gasteiger partial charge in [-0.05, 0) is 50.3 Å². The lowest BCUT2D eigenvalue weighted by Gasteiger charge is -2.31. The quantitative estimate of drug-likeness (QED) is 0.757. The molecule has 1 heterocycles. The first kappa shape index (κ1) is 21.2. The van der Waals surface area contributed by atoms with Gasteiger partial charge in [-0.25, -0.2) is 8.42 Å². The number of primary amides is 1. The van der Waals surface area contributed by atoms with Crippen molar-refractivity contribution < 1.29 is 18.0 Å². The van der Waals surface area contributed by atoms with E-state index in [0.717, 1.165) is 11.1 Å². The third kappa shape index (κ3) is 5.45. The minimum absolute atomic E-state index is 0.00710. The molecule has 1 aromatic carbocycles. The molecular weight excluding hydrogens is 366 g/mol. The zero-order valence-electron chi connectivity index (χ0n) is 16.3. The topological polar surface area (TPSA) is 101 Å². The number of carbonyl (C=O) groups is 2. The van der Waals surface area contributed by atoms with Crippen LogP contribution < -0.4 is 10.0 Å². The Bertz CT molecular complexity index is 799. The van der Waals surface area contributed by atoms with Crippen molar-refractivity contribution in [1.82, 2.24) is 4.90 Å². The predicted molar refractivity (Wildman–Crippen MR) is 106 cm³/mol. The Kier molecular flexibility index (Phi) is 6.86. The SMILES string of the molecule is Cc1cccc(N(CCCC(=O)N2CCC(C(N)=O)CC2)S(C)(=O)=O)c1C. The minimum Gasteiger partial charge on any atom is -0.369 e. The summed E-state index contributed by atoms with van der Waals surface area (Å²) in [5.41, 5.74) is 7.92. The first-order chi connectivity index (χ1) is 12.6. The maximum atomic E-state index is 12.4. The van der Waals surface area contributed by atoms with Crippen LogP contribution in [0, 0.1) is 19.8 Å². The lowest BCUT2D eigenvalue weighted by atomic mass is 9.96. The van der Waals surface area contributed by atoms with E-state index in [2.05, 4.69) is 0 Å². The van der Waals surface area contributed by atoms with Crippen LogP contribution in [0.1, 0.15) is 36.8 Å². The van der Waals surface area contributed by atoms with Gasteiger partial charge >= 0.3 is 0 Å². The molecule has 0 spiro atoms. The first-order valence-corrected chi connectivity index (χ1v) is 11.1. The molecule has 7 nitrogen and oxygen atoms in total. The molecule has 1 fully saturated rings. The van der Waals surface area contributed by atoms with Crippen molar-refractivity contribution in [3.05, 3.63) is 29.3 Å². The maximum Gasteiger partial charge on any atom is 0.232 e. The minimum atomic E-state index is -3.44. The van der Waals surface area contributed by atoms with E-state index >= 15 is 0 Å². The molecule has 0 unspecified atom stereocenters. The molecular formula is C19H29N3O4S. The van der Waals surface area contributed by atoms with E-state index < -0.39 is 10.0 Å². The van der Waals surface area contributed by atoms with Crippen molar-refractivity contribution in [2.75, 3.05) is 30.2 Å². The van der Waals surface area contributed by atoms with Gasteiger partial charge in [0, 0.05) is 32.0 Å². The molecule has 2 N–H and O–H groups in total. The molecule has 0 radical (unpaired) electrons. The number of likely N-dealkylation sites (tertiary alicyclic amines) is 1. The monoisotopic (exact) mass is 395 g/mol. The number of anilines is 1. The van der Waals surface area contributed by atoms with Crippen LogP contribution in [0.5, 0.6) is 0 Å². The number of nitrogens with two attached hydrogens (primary N) is 1. The third-order valence-electron chi connectivity index (χ3n) is 5.25. The molecule has 0 aromatic heterocycles. The van der Waals surface area contributed by atoms with Crippen molar-refractivity contribution >= 4 is 27.5 Å². The molecule has 1 aliphatic rings. The summed E-state index contributed by atoms with van der Waals surface area (Å²) in [6.45, 7) is 5.15. The highest BCUT2D eigenvalue weighted by Crippen LogP contribution is 2.25. The van der Waals surface area contributed by atoms with Crippen LogP contribution in [-0.2, 0) is 19.6 Å². The van der Waals surface area contributed by atoms with E-state index in [-0.39, 0.29) is 30.7 Å². The molecule has 0 atom stereocenters. The van der Waals surface area contributed by atoms with Crippen LogP contribution in [0.25, 0.3) is 0 Å². The highest BCUT2D eigenvalue weighted by molar-refractivity contribution is 7.92. The number of benzene rings is 1. The predicted octanol–water partition coefficient (Wildman–Crippen LogP) is 1.57. The third-order valence-corrected chi connectivity index (χ3v) is 6.43. The second-order valence-corrected chi connectivity index (χ2v) is 9.12. The standard InChI is InChI=1S/C19H29N3O4S/c1-14-6-4-7-17(15(14)2)22(27(3,25)26)11-5-8-18(23)21-12-9-16(10-13-21)19(20)24/h4,6-7,16H,5,8-13H2,1-3H3,(H2,20,24). The Morgan fingerprint density at radius 3 is 2.41 bits per heavy atom. The van der Waals surface area contributed by atoms with Crippen molar-refractivity contribution in [1.29, 1.82) is 0 Å². The molecule has 1 aliphatic heterocycles. The molecule has 0 aliphatic carbocycles. The second kappa shape index (κ2) is 8.73. The van der Waals surface area contributed by atoms with E-state index in [1.807, 2.05) is 26.0 Å². The lowest BCUT2D eigenvalue weighted by molar-refractivity contribution is -0.134. The fourth-order valence-corrected chi connectivity index (χ4v) is 4.43. The summed E-state index contributed by atoms with van der Waals surface area (Å²) in [6.07, 6.45) is 3.09. The molecule has 1 saturated heterocycles. The zero-order valence-corrected chi connectivity index (χ0v) is 17.1. The van der Waals surface area contributed by atoms with Crippen LogP contribution in [0.4, 0.5) is 5.69 Å². The van der Waals surface area contributed by atoms with Crippen LogP contribution in [0.3, 0.4) is 0 Å². The average Bonchev–Trinajstić information content (AvgIpc) is 2.60. The van der Waals surface area contributed by atoms with Crippen molar-refractivity contribution in [3.8, 4) is 0 Å². The van der Waals surface area contributed by atoms with Crippen molar-refractivity contribution in [2.45, 2.75) is 39.5 Å². The number of sulfonamides is 1. The van der Waals surface area contributed by atoms with Crippen LogP contribution in [-0.4, -0.2) is 51.0 Å². The van der Waals surface area contributed by atoms with Gasteiger partial charge in [0.25, 0.3) is 0 Å². The number of hydrogen-bond acceptors (Lipinski definition) is 4. The van der Waals surface area contributed by atoms with Crippen molar-refractivity contribution in [3.63, 3.8) is 0 Å². The average molecular weight is 396 g/mol. The molecule has 27 heavy (non-hydrogen) atoms. The number of rotatable bonds is 7. The van der Waals surface area contributed by atoms with E-state index in [4.69, 9.17) is 5.73 Å².